The molecule has 6 nitrogen and oxygen atoms in total. The van der Waals surface area contributed by atoms with Crippen molar-refractivity contribution in [3.8, 4) is 0 Å². The van der Waals surface area contributed by atoms with E-state index in [-0.39, 0.29) is 11.2 Å². The highest BCUT2D eigenvalue weighted by Gasteiger charge is 2.50. The molecular formula is C15H23N3O3S. The van der Waals surface area contributed by atoms with Gasteiger partial charge in [-0.25, -0.2) is 13.1 Å². The predicted octanol–water partition coefficient (Wildman–Crippen LogP) is 0.469. The molecule has 2 saturated heterocycles. The standard InChI is InChI=1S/C15H23N3O3S/c1-2-22(19,20)17-10-15-11-18(8-14(15)9-21-12-15)7-13-4-3-5-16-6-13/h3-6,14,17H,2,7-12H2,1H3/t14-,15+/m0/s1. The van der Waals surface area contributed by atoms with Gasteiger partial charge in [0.05, 0.1) is 19.0 Å². The molecule has 0 spiro atoms. The third kappa shape index (κ3) is 3.32. The van der Waals surface area contributed by atoms with Crippen molar-refractivity contribution in [2.45, 2.75) is 13.5 Å². The summed E-state index contributed by atoms with van der Waals surface area (Å²) in [6.07, 6.45) is 3.66. The Morgan fingerprint density at radius 3 is 3.14 bits per heavy atom. The van der Waals surface area contributed by atoms with Crippen molar-refractivity contribution >= 4 is 10.0 Å². The average Bonchev–Trinajstić information content (AvgIpc) is 3.03. The lowest BCUT2D eigenvalue weighted by molar-refractivity contribution is 0.128. The van der Waals surface area contributed by atoms with Gasteiger partial charge in [0.2, 0.25) is 10.0 Å². The second-order valence-corrected chi connectivity index (χ2v) is 8.43. The van der Waals surface area contributed by atoms with Gasteiger partial charge in [0.1, 0.15) is 0 Å². The molecule has 0 radical (unpaired) electrons. The number of nitrogens with one attached hydrogen (secondary N) is 1. The zero-order chi connectivity index (χ0) is 15.6. The first kappa shape index (κ1) is 15.9. The van der Waals surface area contributed by atoms with E-state index in [9.17, 15) is 8.42 Å². The van der Waals surface area contributed by atoms with E-state index in [0.29, 0.717) is 19.1 Å². The highest BCUT2D eigenvalue weighted by atomic mass is 32.2. The second kappa shape index (κ2) is 6.23. The van der Waals surface area contributed by atoms with Gasteiger partial charge in [-0.05, 0) is 18.6 Å². The first-order valence-electron chi connectivity index (χ1n) is 7.69. The number of sulfonamides is 1. The molecule has 2 aliphatic rings. The van der Waals surface area contributed by atoms with Crippen molar-refractivity contribution in [1.82, 2.24) is 14.6 Å². The lowest BCUT2D eigenvalue weighted by Gasteiger charge is -2.27. The van der Waals surface area contributed by atoms with Gasteiger partial charge >= 0.3 is 0 Å². The Morgan fingerprint density at radius 2 is 2.41 bits per heavy atom. The number of nitrogens with zero attached hydrogens (tertiary/aromatic N) is 2. The van der Waals surface area contributed by atoms with Gasteiger partial charge in [-0.2, -0.15) is 0 Å². The average molecular weight is 325 g/mol. The summed E-state index contributed by atoms with van der Waals surface area (Å²) in [7, 11) is -3.16. The van der Waals surface area contributed by atoms with Crippen molar-refractivity contribution in [3.63, 3.8) is 0 Å². The van der Waals surface area contributed by atoms with E-state index in [1.807, 2.05) is 12.3 Å². The number of likely N-dealkylation sites (tertiary alicyclic amines) is 1. The summed E-state index contributed by atoms with van der Waals surface area (Å²) in [5.41, 5.74) is 1.09. The number of hydrogen-bond acceptors (Lipinski definition) is 5. The maximum atomic E-state index is 11.7. The molecule has 0 saturated carbocycles. The van der Waals surface area contributed by atoms with Gasteiger partial charge in [0, 0.05) is 49.9 Å². The zero-order valence-electron chi connectivity index (χ0n) is 12.9. The molecule has 1 aromatic rings. The minimum absolute atomic E-state index is 0.0928. The number of pyridine rings is 1. The molecule has 0 aliphatic carbocycles. The van der Waals surface area contributed by atoms with Crippen molar-refractivity contribution in [2.24, 2.45) is 11.3 Å². The Bertz CT molecular complexity index is 608. The number of fused-ring (bicyclic) bond motifs is 1. The molecule has 3 rings (SSSR count). The van der Waals surface area contributed by atoms with Gasteiger partial charge < -0.3 is 4.74 Å². The molecule has 2 aliphatic heterocycles. The van der Waals surface area contributed by atoms with Crippen LogP contribution in [0.5, 0.6) is 0 Å². The molecule has 1 N–H and O–H groups in total. The Labute approximate surface area is 131 Å². The van der Waals surface area contributed by atoms with E-state index < -0.39 is 10.0 Å². The summed E-state index contributed by atoms with van der Waals surface area (Å²) in [6.45, 7) is 6.14. The summed E-state index contributed by atoms with van der Waals surface area (Å²) in [5.74, 6) is 0.511. The summed E-state index contributed by atoms with van der Waals surface area (Å²) >= 11 is 0. The van der Waals surface area contributed by atoms with Crippen LogP contribution in [0.1, 0.15) is 12.5 Å². The highest BCUT2D eigenvalue weighted by Crippen LogP contribution is 2.41. The predicted molar refractivity (Wildman–Crippen MR) is 83.7 cm³/mol. The fourth-order valence-electron chi connectivity index (χ4n) is 3.42. The van der Waals surface area contributed by atoms with E-state index in [4.69, 9.17) is 4.74 Å². The molecular weight excluding hydrogens is 302 g/mol. The quantitative estimate of drug-likeness (QED) is 0.823. The number of aromatic nitrogens is 1. The Kier molecular flexibility index (Phi) is 4.49. The Balaban J connectivity index is 1.66. The van der Waals surface area contributed by atoms with Crippen LogP contribution >= 0.6 is 0 Å². The Hall–Kier alpha value is -1.02. The summed E-state index contributed by atoms with van der Waals surface area (Å²) in [4.78, 5) is 6.53. The number of ether oxygens (including phenoxy) is 1. The molecule has 0 amide bonds. The van der Waals surface area contributed by atoms with Gasteiger partial charge in [-0.3, -0.25) is 9.88 Å². The molecule has 2 atom stereocenters. The summed E-state index contributed by atoms with van der Waals surface area (Å²) < 4.78 is 31.9. The van der Waals surface area contributed by atoms with Crippen LogP contribution in [0, 0.1) is 11.3 Å². The topological polar surface area (TPSA) is 71.5 Å². The maximum Gasteiger partial charge on any atom is 0.211 e. The molecule has 7 heteroatoms. The van der Waals surface area contributed by atoms with Gasteiger partial charge in [-0.1, -0.05) is 6.07 Å². The first-order chi connectivity index (χ1) is 10.5. The highest BCUT2D eigenvalue weighted by molar-refractivity contribution is 7.89. The Morgan fingerprint density at radius 1 is 1.55 bits per heavy atom. The summed E-state index contributed by atoms with van der Waals surface area (Å²) in [5, 5.41) is 0. The molecule has 1 aromatic heterocycles. The molecule has 0 bridgehead atoms. The zero-order valence-corrected chi connectivity index (χ0v) is 13.7. The third-order valence-electron chi connectivity index (χ3n) is 4.74. The lowest BCUT2D eigenvalue weighted by Crippen LogP contribution is -2.43. The van der Waals surface area contributed by atoms with Crippen LogP contribution in [0.4, 0.5) is 0 Å². The minimum atomic E-state index is -3.16. The lowest BCUT2D eigenvalue weighted by atomic mass is 9.81. The molecule has 2 fully saturated rings. The van der Waals surface area contributed by atoms with Crippen molar-refractivity contribution < 1.29 is 13.2 Å². The molecule has 122 valence electrons. The number of hydrogen-bond donors (Lipinski definition) is 1. The monoisotopic (exact) mass is 325 g/mol. The largest absolute Gasteiger partial charge is 0.380 e. The van der Waals surface area contributed by atoms with E-state index in [0.717, 1.165) is 26.2 Å². The van der Waals surface area contributed by atoms with Crippen LogP contribution in [0.15, 0.2) is 24.5 Å². The van der Waals surface area contributed by atoms with Gasteiger partial charge in [0.25, 0.3) is 0 Å². The SMILES string of the molecule is CCS(=O)(=O)NC[C@@]12COC[C@@H]1CN(Cc1cccnc1)C2. The normalized spacial score (nSPS) is 28.9. The van der Waals surface area contributed by atoms with E-state index in [2.05, 4.69) is 20.7 Å². The third-order valence-corrected chi connectivity index (χ3v) is 6.09. The van der Waals surface area contributed by atoms with Crippen LogP contribution in [-0.4, -0.2) is 56.9 Å². The van der Waals surface area contributed by atoms with Crippen LogP contribution in [0.2, 0.25) is 0 Å². The second-order valence-electron chi connectivity index (χ2n) is 6.33. The summed E-state index contributed by atoms with van der Waals surface area (Å²) in [6, 6.07) is 4.02. The molecule has 22 heavy (non-hydrogen) atoms. The first-order valence-corrected chi connectivity index (χ1v) is 9.34. The van der Waals surface area contributed by atoms with Gasteiger partial charge in [-0.15, -0.1) is 0 Å². The smallest absolute Gasteiger partial charge is 0.211 e. The fraction of sp³-hybridized carbons (Fsp3) is 0.667. The van der Waals surface area contributed by atoms with E-state index >= 15 is 0 Å². The van der Waals surface area contributed by atoms with E-state index in [1.165, 1.54) is 5.56 Å². The van der Waals surface area contributed by atoms with E-state index in [1.54, 1.807) is 13.1 Å². The van der Waals surface area contributed by atoms with Crippen molar-refractivity contribution in [3.05, 3.63) is 30.1 Å². The minimum Gasteiger partial charge on any atom is -0.380 e. The molecule has 0 aromatic carbocycles. The molecule has 3 heterocycles. The van der Waals surface area contributed by atoms with Crippen molar-refractivity contribution in [2.75, 3.05) is 38.6 Å². The molecule has 0 unspecified atom stereocenters. The van der Waals surface area contributed by atoms with Crippen LogP contribution < -0.4 is 4.72 Å². The van der Waals surface area contributed by atoms with Crippen LogP contribution in [0.25, 0.3) is 0 Å². The van der Waals surface area contributed by atoms with Gasteiger partial charge in [0.15, 0.2) is 0 Å². The maximum absolute atomic E-state index is 11.7. The number of rotatable bonds is 6. The fourth-order valence-corrected chi connectivity index (χ4v) is 4.13. The van der Waals surface area contributed by atoms with Crippen LogP contribution in [-0.2, 0) is 21.3 Å². The van der Waals surface area contributed by atoms with Crippen LogP contribution in [0.3, 0.4) is 0 Å². The van der Waals surface area contributed by atoms with Crippen molar-refractivity contribution in [1.29, 1.82) is 0 Å².